The second-order valence-electron chi connectivity index (χ2n) is 14.8. The van der Waals surface area contributed by atoms with Crippen LogP contribution >= 0.6 is 0 Å². The zero-order chi connectivity index (χ0) is 36.7. The molecule has 12 aromatic rings. The summed E-state index contributed by atoms with van der Waals surface area (Å²) in [5.41, 5.74) is 11.4. The molecule has 9 aromatic carbocycles. The van der Waals surface area contributed by atoms with Gasteiger partial charge >= 0.3 is 0 Å². The third kappa shape index (κ3) is 4.55. The molecule has 0 saturated carbocycles. The van der Waals surface area contributed by atoms with Gasteiger partial charge in [-0.15, -0.1) is 0 Å². The van der Waals surface area contributed by atoms with Gasteiger partial charge in [0.1, 0.15) is 0 Å². The Kier molecular flexibility index (Phi) is 6.63. The third-order valence-corrected chi connectivity index (χ3v) is 11.7. The van der Waals surface area contributed by atoms with Crippen LogP contribution in [0.1, 0.15) is 0 Å². The molecule has 0 radical (unpaired) electrons. The van der Waals surface area contributed by atoms with Crippen molar-refractivity contribution < 1.29 is 0 Å². The zero-order valence-corrected chi connectivity index (χ0v) is 30.4. The number of para-hydroxylation sites is 3. The lowest BCUT2D eigenvalue weighted by molar-refractivity contribution is 1.18. The number of rotatable bonds is 4. The molecule has 0 atom stereocenters. The van der Waals surface area contributed by atoms with Crippen LogP contribution in [0.2, 0.25) is 0 Å². The van der Waals surface area contributed by atoms with Crippen molar-refractivity contribution in [3.8, 4) is 33.8 Å². The molecule has 0 aliphatic rings. The minimum atomic E-state index is 0.960. The summed E-state index contributed by atoms with van der Waals surface area (Å²) in [5.74, 6) is 0. The van der Waals surface area contributed by atoms with Gasteiger partial charge in [-0.25, -0.2) is 0 Å². The van der Waals surface area contributed by atoms with Gasteiger partial charge in [0.05, 0.1) is 27.8 Å². The Labute approximate surface area is 322 Å². The fourth-order valence-electron chi connectivity index (χ4n) is 9.19. The average molecular weight is 712 g/mol. The lowest BCUT2D eigenvalue weighted by Gasteiger charge is -2.14. The number of hydrogen-bond acceptors (Lipinski definition) is 1. The first kappa shape index (κ1) is 30.9. The number of hydrogen-bond donors (Lipinski definition) is 0. The Morgan fingerprint density at radius 1 is 0.268 bits per heavy atom. The molecule has 0 N–H and O–H groups in total. The summed E-state index contributed by atoms with van der Waals surface area (Å²) >= 11 is 0. The van der Waals surface area contributed by atoms with Crippen molar-refractivity contribution in [3.05, 3.63) is 200 Å². The quantitative estimate of drug-likeness (QED) is 0.167. The summed E-state index contributed by atoms with van der Waals surface area (Å²) in [4.78, 5) is 5.04. The van der Waals surface area contributed by atoms with Gasteiger partial charge in [-0.2, -0.15) is 0 Å². The summed E-state index contributed by atoms with van der Waals surface area (Å²) in [7, 11) is 0. The monoisotopic (exact) mass is 711 g/mol. The molecule has 0 fully saturated rings. The maximum atomic E-state index is 5.04. The maximum absolute atomic E-state index is 5.04. The van der Waals surface area contributed by atoms with Crippen molar-refractivity contribution in [1.82, 2.24) is 14.1 Å². The highest BCUT2D eigenvalue weighted by atomic mass is 15.0. The van der Waals surface area contributed by atoms with Gasteiger partial charge in [0.2, 0.25) is 0 Å². The van der Waals surface area contributed by atoms with Crippen molar-refractivity contribution in [3.63, 3.8) is 0 Å². The lowest BCUT2D eigenvalue weighted by Crippen LogP contribution is -1.94. The van der Waals surface area contributed by atoms with Gasteiger partial charge in [0.25, 0.3) is 0 Å². The molecule has 0 spiro atoms. The Hall–Kier alpha value is -7.49. The standard InChI is InChI=1S/C53H33N3/c1-2-12-37(13-3-1)55-50-20-10-8-19-45(50)48-31-35(24-29-52(48)55)49-27-22-36(33-54-49)34-23-28-53-47(30-34)44-18-9-11-21-51(44)56(53)38-25-26-43-41-16-5-4-14-39(41)40-15-6-7-17-42(40)46(43)32-38/h1-33H. The minimum absolute atomic E-state index is 0.960. The second-order valence-corrected chi connectivity index (χ2v) is 14.8. The van der Waals surface area contributed by atoms with Crippen molar-refractivity contribution >= 4 is 75.9 Å². The number of benzene rings is 9. The zero-order valence-electron chi connectivity index (χ0n) is 30.4. The molecule has 3 heteroatoms. The van der Waals surface area contributed by atoms with E-state index in [-0.39, 0.29) is 0 Å². The first-order valence-corrected chi connectivity index (χ1v) is 19.2. The van der Waals surface area contributed by atoms with Crippen molar-refractivity contribution in [2.24, 2.45) is 0 Å². The van der Waals surface area contributed by atoms with E-state index >= 15 is 0 Å². The van der Waals surface area contributed by atoms with Crippen LogP contribution in [-0.4, -0.2) is 14.1 Å². The van der Waals surface area contributed by atoms with E-state index in [0.29, 0.717) is 0 Å². The molecule has 0 amide bonds. The largest absolute Gasteiger partial charge is 0.309 e. The molecule has 56 heavy (non-hydrogen) atoms. The predicted molar refractivity (Wildman–Crippen MR) is 236 cm³/mol. The fourth-order valence-corrected chi connectivity index (χ4v) is 9.19. The Balaban J connectivity index is 0.956. The smallest absolute Gasteiger partial charge is 0.0702 e. The third-order valence-electron chi connectivity index (χ3n) is 11.7. The van der Waals surface area contributed by atoms with Crippen LogP contribution in [0.4, 0.5) is 0 Å². The van der Waals surface area contributed by atoms with E-state index < -0.39 is 0 Å². The van der Waals surface area contributed by atoms with Crippen LogP contribution in [0, 0.1) is 0 Å². The molecule has 0 aliphatic heterocycles. The molecule has 0 bridgehead atoms. The van der Waals surface area contributed by atoms with Crippen LogP contribution < -0.4 is 0 Å². The first-order chi connectivity index (χ1) is 27.8. The Morgan fingerprint density at radius 2 is 0.732 bits per heavy atom. The molecular weight excluding hydrogens is 679 g/mol. The van der Waals surface area contributed by atoms with Crippen LogP contribution in [0.15, 0.2) is 200 Å². The highest BCUT2D eigenvalue weighted by Crippen LogP contribution is 2.40. The molecule has 0 aliphatic carbocycles. The summed E-state index contributed by atoms with van der Waals surface area (Å²) in [6.45, 7) is 0. The van der Waals surface area contributed by atoms with Crippen LogP contribution in [0.5, 0.6) is 0 Å². The van der Waals surface area contributed by atoms with Gasteiger partial charge in [-0.1, -0.05) is 127 Å². The number of pyridine rings is 1. The van der Waals surface area contributed by atoms with Gasteiger partial charge in [-0.05, 0) is 105 Å². The van der Waals surface area contributed by atoms with Crippen molar-refractivity contribution in [2.45, 2.75) is 0 Å². The molecule has 3 heterocycles. The van der Waals surface area contributed by atoms with E-state index in [2.05, 4.69) is 203 Å². The number of aromatic nitrogens is 3. The highest BCUT2D eigenvalue weighted by molar-refractivity contribution is 6.25. The number of nitrogens with zero attached hydrogens (tertiary/aromatic N) is 3. The van der Waals surface area contributed by atoms with Gasteiger partial charge < -0.3 is 9.13 Å². The molecule has 3 nitrogen and oxygen atoms in total. The maximum Gasteiger partial charge on any atom is 0.0702 e. The van der Waals surface area contributed by atoms with Crippen LogP contribution in [0.3, 0.4) is 0 Å². The van der Waals surface area contributed by atoms with E-state index in [4.69, 9.17) is 4.98 Å². The molecule has 12 rings (SSSR count). The molecule has 260 valence electrons. The molecule has 0 unspecified atom stereocenters. The highest BCUT2D eigenvalue weighted by Gasteiger charge is 2.17. The van der Waals surface area contributed by atoms with Gasteiger partial charge in [0, 0.05) is 50.2 Å². The summed E-state index contributed by atoms with van der Waals surface area (Å²) in [6.07, 6.45) is 2.02. The van der Waals surface area contributed by atoms with Crippen molar-refractivity contribution in [2.75, 3.05) is 0 Å². The molecule has 3 aromatic heterocycles. The SMILES string of the molecule is c1ccc(-n2c3ccccc3c3cc(-c4ccc(-c5ccc6c(c5)c5ccccc5n6-c5ccc6c7ccccc7c7ccccc7c6c5)cn4)ccc32)cc1. The summed E-state index contributed by atoms with van der Waals surface area (Å²) in [5, 5.41) is 12.6. The van der Waals surface area contributed by atoms with Gasteiger partial charge in [0.15, 0.2) is 0 Å². The summed E-state index contributed by atoms with van der Waals surface area (Å²) in [6, 6.07) is 70.5. The molecule has 0 saturated heterocycles. The normalized spacial score (nSPS) is 11.9. The van der Waals surface area contributed by atoms with Gasteiger partial charge in [-0.3, -0.25) is 4.98 Å². The van der Waals surface area contributed by atoms with Crippen molar-refractivity contribution in [1.29, 1.82) is 0 Å². The van der Waals surface area contributed by atoms with E-state index in [9.17, 15) is 0 Å². The predicted octanol–water partition coefficient (Wildman–Crippen LogP) is 14.1. The summed E-state index contributed by atoms with van der Waals surface area (Å²) < 4.78 is 4.77. The topological polar surface area (TPSA) is 22.8 Å². The number of fused-ring (bicyclic) bond motifs is 12. The van der Waals surface area contributed by atoms with E-state index in [1.54, 1.807) is 0 Å². The van der Waals surface area contributed by atoms with Crippen LogP contribution in [-0.2, 0) is 0 Å². The van der Waals surface area contributed by atoms with Crippen LogP contribution in [0.25, 0.3) is 110 Å². The lowest BCUT2D eigenvalue weighted by atomic mass is 9.94. The minimum Gasteiger partial charge on any atom is -0.309 e. The Morgan fingerprint density at radius 3 is 1.34 bits per heavy atom. The average Bonchev–Trinajstić information content (AvgIpc) is 3.79. The van der Waals surface area contributed by atoms with E-state index in [0.717, 1.165) is 33.8 Å². The van der Waals surface area contributed by atoms with E-state index in [1.165, 1.54) is 75.9 Å². The Bertz CT molecular complexity index is 3480. The van der Waals surface area contributed by atoms with E-state index in [1.807, 2.05) is 6.20 Å². The second kappa shape index (κ2) is 12.0. The first-order valence-electron chi connectivity index (χ1n) is 19.2. The fraction of sp³-hybridized carbons (Fsp3) is 0. The molecular formula is C53H33N3.